The van der Waals surface area contributed by atoms with Gasteiger partial charge in [0.2, 0.25) is 0 Å². The molecule has 168 valence electrons. The summed E-state index contributed by atoms with van der Waals surface area (Å²) in [7, 11) is 3.09. The number of carbonyl (C=O) groups excluding carboxylic acids is 2. The first-order valence-electron chi connectivity index (χ1n) is 10.3. The average molecular weight is 463 g/mol. The van der Waals surface area contributed by atoms with Crippen molar-refractivity contribution in [3.63, 3.8) is 0 Å². The lowest BCUT2D eigenvalue weighted by atomic mass is 9.97. The van der Waals surface area contributed by atoms with Crippen LogP contribution in [0.3, 0.4) is 0 Å². The number of halogens is 1. The third kappa shape index (κ3) is 4.17. The number of imide groups is 1. The number of hydrogen-bond acceptors (Lipinski definition) is 5. The fraction of sp³-hybridized carbons (Fsp3) is 0.154. The minimum absolute atomic E-state index is 0.162. The van der Waals surface area contributed by atoms with Crippen molar-refractivity contribution in [3.8, 4) is 11.5 Å². The van der Waals surface area contributed by atoms with Crippen LogP contribution in [0.2, 0.25) is 5.02 Å². The number of ether oxygens (including phenoxy) is 2. The zero-order valence-electron chi connectivity index (χ0n) is 18.7. The molecule has 1 aliphatic rings. The molecule has 2 amide bonds. The maximum absolute atomic E-state index is 13.6. The summed E-state index contributed by atoms with van der Waals surface area (Å²) in [5, 5.41) is 3.58. The van der Waals surface area contributed by atoms with Crippen LogP contribution in [0.4, 0.5) is 11.4 Å². The Morgan fingerprint density at radius 1 is 0.879 bits per heavy atom. The van der Waals surface area contributed by atoms with E-state index in [9.17, 15) is 9.59 Å². The molecule has 0 radical (unpaired) electrons. The van der Waals surface area contributed by atoms with E-state index >= 15 is 0 Å². The zero-order valence-corrected chi connectivity index (χ0v) is 19.5. The third-order valence-corrected chi connectivity index (χ3v) is 5.71. The second-order valence-corrected chi connectivity index (χ2v) is 8.12. The molecule has 33 heavy (non-hydrogen) atoms. The largest absolute Gasteiger partial charge is 0.497 e. The predicted octanol–water partition coefficient (Wildman–Crippen LogP) is 5.37. The Kier molecular flexibility index (Phi) is 6.11. The van der Waals surface area contributed by atoms with E-state index < -0.39 is 11.8 Å². The smallest absolute Gasteiger partial charge is 0.282 e. The lowest BCUT2D eigenvalue weighted by Crippen LogP contribution is -2.32. The highest BCUT2D eigenvalue weighted by Gasteiger charge is 2.41. The van der Waals surface area contributed by atoms with E-state index in [0.29, 0.717) is 33.5 Å². The fourth-order valence-corrected chi connectivity index (χ4v) is 4.06. The number of hydrogen-bond donors (Lipinski definition) is 1. The molecule has 0 bridgehead atoms. The first-order chi connectivity index (χ1) is 15.8. The first kappa shape index (κ1) is 22.4. The molecule has 1 aliphatic heterocycles. The van der Waals surface area contributed by atoms with E-state index in [1.54, 1.807) is 49.6 Å². The number of nitrogens with zero attached hydrogens (tertiary/aromatic N) is 1. The number of benzene rings is 3. The van der Waals surface area contributed by atoms with E-state index in [2.05, 4.69) is 5.32 Å². The van der Waals surface area contributed by atoms with Gasteiger partial charge in [-0.3, -0.25) is 9.59 Å². The molecule has 4 rings (SSSR count). The topological polar surface area (TPSA) is 67.9 Å². The van der Waals surface area contributed by atoms with Crippen LogP contribution in [-0.4, -0.2) is 26.0 Å². The average Bonchev–Trinajstić information content (AvgIpc) is 3.03. The van der Waals surface area contributed by atoms with Crippen molar-refractivity contribution in [2.45, 2.75) is 13.8 Å². The number of nitrogens with one attached hydrogen (secondary N) is 1. The Hall–Kier alpha value is -3.77. The Bertz CT molecular complexity index is 1300. The number of methoxy groups -OCH3 is 2. The highest BCUT2D eigenvalue weighted by molar-refractivity contribution is 6.46. The number of amides is 2. The Morgan fingerprint density at radius 2 is 1.67 bits per heavy atom. The van der Waals surface area contributed by atoms with Gasteiger partial charge < -0.3 is 14.8 Å². The SMILES string of the molecule is COc1ccc(NC2=C(c3ccc(C)cc3C)C(=O)N(c3cccc(Cl)c3)C2=O)c(OC)c1. The molecule has 7 heteroatoms. The van der Waals surface area contributed by atoms with E-state index in [1.165, 1.54) is 7.11 Å². The lowest BCUT2D eigenvalue weighted by Gasteiger charge is -2.16. The molecule has 0 saturated carbocycles. The molecular weight excluding hydrogens is 440 g/mol. The minimum Gasteiger partial charge on any atom is -0.497 e. The van der Waals surface area contributed by atoms with Crippen molar-refractivity contribution in [3.05, 3.63) is 88.1 Å². The van der Waals surface area contributed by atoms with Gasteiger partial charge in [-0.25, -0.2) is 4.90 Å². The van der Waals surface area contributed by atoms with Gasteiger partial charge in [0.25, 0.3) is 11.8 Å². The molecule has 0 saturated heterocycles. The standard InChI is InChI=1S/C26H23ClN2O4/c1-15-8-10-20(16(2)12-15)23-24(28-21-11-9-19(32-3)14-22(21)33-4)26(31)29(25(23)30)18-7-5-6-17(27)13-18/h5-14,28H,1-4H3. The number of carbonyl (C=O) groups is 2. The lowest BCUT2D eigenvalue weighted by molar-refractivity contribution is -0.120. The molecule has 0 spiro atoms. The minimum atomic E-state index is -0.477. The number of aryl methyl sites for hydroxylation is 2. The van der Waals surface area contributed by atoms with Crippen molar-refractivity contribution < 1.29 is 19.1 Å². The van der Waals surface area contributed by atoms with Crippen molar-refractivity contribution in [2.75, 3.05) is 24.4 Å². The molecule has 0 fully saturated rings. The monoisotopic (exact) mass is 462 g/mol. The van der Waals surface area contributed by atoms with Crippen LogP contribution in [0.5, 0.6) is 11.5 Å². The van der Waals surface area contributed by atoms with Crippen LogP contribution >= 0.6 is 11.6 Å². The van der Waals surface area contributed by atoms with E-state index in [0.717, 1.165) is 16.0 Å². The predicted molar refractivity (Wildman–Crippen MR) is 130 cm³/mol. The molecule has 1 N–H and O–H groups in total. The van der Waals surface area contributed by atoms with Gasteiger partial charge in [0, 0.05) is 11.1 Å². The molecule has 1 heterocycles. The van der Waals surface area contributed by atoms with Gasteiger partial charge in [-0.2, -0.15) is 0 Å². The Morgan fingerprint density at radius 3 is 2.33 bits per heavy atom. The maximum Gasteiger partial charge on any atom is 0.282 e. The first-order valence-corrected chi connectivity index (χ1v) is 10.7. The summed E-state index contributed by atoms with van der Waals surface area (Å²) in [5.74, 6) is 0.179. The summed E-state index contributed by atoms with van der Waals surface area (Å²) < 4.78 is 10.7. The van der Waals surface area contributed by atoms with Crippen LogP contribution in [0.1, 0.15) is 16.7 Å². The number of rotatable bonds is 6. The van der Waals surface area contributed by atoms with Gasteiger partial charge in [-0.15, -0.1) is 0 Å². The third-order valence-electron chi connectivity index (χ3n) is 5.47. The molecule has 3 aromatic carbocycles. The Balaban J connectivity index is 1.87. The highest BCUT2D eigenvalue weighted by atomic mass is 35.5. The van der Waals surface area contributed by atoms with Crippen LogP contribution in [0, 0.1) is 13.8 Å². The summed E-state index contributed by atoms with van der Waals surface area (Å²) in [6.45, 7) is 3.90. The molecule has 3 aromatic rings. The van der Waals surface area contributed by atoms with Gasteiger partial charge in [-0.05, 0) is 55.3 Å². The molecule has 0 atom stereocenters. The van der Waals surface area contributed by atoms with Gasteiger partial charge in [0.1, 0.15) is 17.2 Å². The Labute approximate surface area is 197 Å². The fourth-order valence-electron chi connectivity index (χ4n) is 3.88. The van der Waals surface area contributed by atoms with E-state index in [4.69, 9.17) is 21.1 Å². The summed E-state index contributed by atoms with van der Waals surface area (Å²) >= 11 is 6.14. The highest BCUT2D eigenvalue weighted by Crippen LogP contribution is 2.38. The normalized spacial score (nSPS) is 13.5. The van der Waals surface area contributed by atoms with Crippen LogP contribution in [0.25, 0.3) is 5.57 Å². The maximum atomic E-state index is 13.6. The summed E-state index contributed by atoms with van der Waals surface area (Å²) in [6.07, 6.45) is 0. The van der Waals surface area contributed by atoms with Crippen molar-refractivity contribution in [1.29, 1.82) is 0 Å². The zero-order chi connectivity index (χ0) is 23.7. The molecule has 6 nitrogen and oxygen atoms in total. The second kappa shape index (κ2) is 9.00. The van der Waals surface area contributed by atoms with Crippen LogP contribution in [-0.2, 0) is 9.59 Å². The molecule has 0 aliphatic carbocycles. The van der Waals surface area contributed by atoms with Crippen LogP contribution in [0.15, 0.2) is 66.4 Å². The molecule has 0 aromatic heterocycles. The van der Waals surface area contributed by atoms with E-state index in [-0.39, 0.29) is 11.3 Å². The van der Waals surface area contributed by atoms with Crippen LogP contribution < -0.4 is 19.7 Å². The second-order valence-electron chi connectivity index (χ2n) is 7.69. The molecule has 0 unspecified atom stereocenters. The summed E-state index contributed by atoms with van der Waals surface area (Å²) in [6, 6.07) is 17.6. The number of anilines is 2. The summed E-state index contributed by atoms with van der Waals surface area (Å²) in [4.78, 5) is 28.4. The van der Waals surface area contributed by atoms with Crippen molar-refractivity contribution >= 4 is 40.4 Å². The quantitative estimate of drug-likeness (QED) is 0.499. The molecular formula is C26H23ClN2O4. The van der Waals surface area contributed by atoms with Crippen molar-refractivity contribution in [2.24, 2.45) is 0 Å². The van der Waals surface area contributed by atoms with E-state index in [1.807, 2.05) is 32.0 Å². The van der Waals surface area contributed by atoms with Gasteiger partial charge in [0.15, 0.2) is 0 Å². The van der Waals surface area contributed by atoms with Gasteiger partial charge >= 0.3 is 0 Å². The van der Waals surface area contributed by atoms with Crippen molar-refractivity contribution in [1.82, 2.24) is 0 Å². The van der Waals surface area contributed by atoms with Gasteiger partial charge in [0.05, 0.1) is 31.2 Å². The summed E-state index contributed by atoms with van der Waals surface area (Å²) in [5.41, 5.74) is 4.01. The van der Waals surface area contributed by atoms with Gasteiger partial charge in [-0.1, -0.05) is 41.4 Å².